The number of H-pyrrole nitrogens is 1. The summed E-state index contributed by atoms with van der Waals surface area (Å²) in [5.41, 5.74) is 1.01. The Balaban J connectivity index is 1.63. The third-order valence-electron chi connectivity index (χ3n) is 4.52. The Hall–Kier alpha value is -2.03. The number of ether oxygens (including phenoxy) is 1. The minimum Gasteiger partial charge on any atom is -0.464 e. The highest BCUT2D eigenvalue weighted by atomic mass is 35.5. The smallest absolute Gasteiger partial charge is 0.356 e. The molecule has 8 nitrogen and oxygen atoms in total. The third kappa shape index (κ3) is 4.34. The van der Waals surface area contributed by atoms with E-state index in [4.69, 9.17) is 34.8 Å². The van der Waals surface area contributed by atoms with Gasteiger partial charge in [-0.15, -0.1) is 0 Å². The van der Waals surface area contributed by atoms with Crippen LogP contribution in [-0.4, -0.2) is 53.1 Å². The zero-order chi connectivity index (χ0) is 20.4. The molecule has 28 heavy (non-hydrogen) atoms. The number of carbonyl (C=O) groups is 2. The molecular formula is C17H18Cl3N5O3. The molecule has 2 aromatic rings. The maximum absolute atomic E-state index is 12.5. The number of rotatable bonds is 4. The maximum Gasteiger partial charge on any atom is 0.356 e. The summed E-state index contributed by atoms with van der Waals surface area (Å²) in [6, 6.07) is 1.51. The molecule has 2 aromatic heterocycles. The minimum atomic E-state index is -0.579. The van der Waals surface area contributed by atoms with E-state index < -0.39 is 5.97 Å². The molecule has 3 heterocycles. The number of piperidine rings is 1. The van der Waals surface area contributed by atoms with Gasteiger partial charge in [-0.1, -0.05) is 23.2 Å². The molecule has 150 valence electrons. The fourth-order valence-electron chi connectivity index (χ4n) is 3.02. The van der Waals surface area contributed by atoms with E-state index in [2.05, 4.69) is 25.0 Å². The van der Waals surface area contributed by atoms with Crippen molar-refractivity contribution in [3.8, 4) is 0 Å². The van der Waals surface area contributed by atoms with Gasteiger partial charge in [-0.05, 0) is 31.4 Å². The molecular weight excluding hydrogens is 429 g/mol. The third-order valence-corrected chi connectivity index (χ3v) is 5.63. The second kappa shape index (κ2) is 8.55. The lowest BCUT2D eigenvalue weighted by Crippen LogP contribution is -2.45. The number of anilines is 1. The lowest BCUT2D eigenvalue weighted by Gasteiger charge is -2.33. The Morgan fingerprint density at radius 3 is 2.46 bits per heavy atom. The molecule has 0 spiro atoms. The number of hydrogen-bond donors (Lipinski definition) is 2. The van der Waals surface area contributed by atoms with Crippen LogP contribution in [0.25, 0.3) is 0 Å². The number of esters is 1. The van der Waals surface area contributed by atoms with Crippen LogP contribution in [0.1, 0.15) is 39.5 Å². The normalized spacial score (nSPS) is 14.8. The molecule has 11 heteroatoms. The Morgan fingerprint density at radius 2 is 1.89 bits per heavy atom. The van der Waals surface area contributed by atoms with Gasteiger partial charge in [0.1, 0.15) is 11.5 Å². The number of methoxy groups -OCH3 is 1. The van der Waals surface area contributed by atoms with Crippen LogP contribution < -0.4 is 10.2 Å². The Bertz CT molecular complexity index is 910. The van der Waals surface area contributed by atoms with Crippen molar-refractivity contribution in [2.24, 2.45) is 0 Å². The summed E-state index contributed by atoms with van der Waals surface area (Å²) in [5, 5.41) is 3.51. The number of aromatic amines is 1. The van der Waals surface area contributed by atoms with Crippen molar-refractivity contribution in [3.05, 3.63) is 38.5 Å². The number of amides is 1. The van der Waals surface area contributed by atoms with Gasteiger partial charge in [-0.3, -0.25) is 4.79 Å². The SMILES string of the molecule is COC(=O)c1cc(N2CCC(NC(=O)c3[nH]c(C)c(Cl)c3Cl)CC2)nc(Cl)n1. The molecule has 1 saturated heterocycles. The zero-order valence-corrected chi connectivity index (χ0v) is 17.5. The number of halogens is 3. The number of aryl methyl sites for hydroxylation is 1. The molecule has 1 amide bonds. The highest BCUT2D eigenvalue weighted by molar-refractivity contribution is 6.44. The second-order valence-corrected chi connectivity index (χ2v) is 7.45. The van der Waals surface area contributed by atoms with Crippen LogP contribution in [0.5, 0.6) is 0 Å². The summed E-state index contributed by atoms with van der Waals surface area (Å²) < 4.78 is 4.68. The topological polar surface area (TPSA) is 100 Å². The Kier molecular flexibility index (Phi) is 6.32. The summed E-state index contributed by atoms with van der Waals surface area (Å²) in [7, 11) is 1.28. The first-order valence-corrected chi connectivity index (χ1v) is 9.65. The van der Waals surface area contributed by atoms with Crippen LogP contribution in [0.15, 0.2) is 6.07 Å². The summed E-state index contributed by atoms with van der Waals surface area (Å²) >= 11 is 18.0. The Morgan fingerprint density at radius 1 is 1.21 bits per heavy atom. The first kappa shape index (κ1) is 20.7. The van der Waals surface area contributed by atoms with Gasteiger partial charge in [0.05, 0.1) is 17.2 Å². The molecule has 1 aliphatic rings. The molecule has 1 fully saturated rings. The fourth-order valence-corrected chi connectivity index (χ4v) is 3.61. The van der Waals surface area contributed by atoms with Gasteiger partial charge >= 0.3 is 5.97 Å². The molecule has 1 aliphatic heterocycles. The van der Waals surface area contributed by atoms with Gasteiger partial charge in [0.2, 0.25) is 5.28 Å². The van der Waals surface area contributed by atoms with Gasteiger partial charge in [0, 0.05) is 30.9 Å². The van der Waals surface area contributed by atoms with Crippen LogP contribution in [0.2, 0.25) is 15.3 Å². The predicted octanol–water partition coefficient (Wildman–Crippen LogP) is 3.26. The van der Waals surface area contributed by atoms with E-state index >= 15 is 0 Å². The van der Waals surface area contributed by atoms with E-state index in [-0.39, 0.29) is 33.6 Å². The van der Waals surface area contributed by atoms with E-state index in [1.54, 1.807) is 13.0 Å². The van der Waals surface area contributed by atoms with Crippen molar-refractivity contribution in [1.82, 2.24) is 20.3 Å². The van der Waals surface area contributed by atoms with Gasteiger partial charge in [0.15, 0.2) is 5.69 Å². The molecule has 0 bridgehead atoms. The van der Waals surface area contributed by atoms with Crippen molar-refractivity contribution in [2.45, 2.75) is 25.8 Å². The van der Waals surface area contributed by atoms with Crippen molar-refractivity contribution >= 4 is 52.5 Å². The summed E-state index contributed by atoms with van der Waals surface area (Å²) in [6.45, 7) is 2.99. The maximum atomic E-state index is 12.5. The van der Waals surface area contributed by atoms with Crippen LogP contribution >= 0.6 is 34.8 Å². The molecule has 0 saturated carbocycles. The lowest BCUT2D eigenvalue weighted by atomic mass is 10.0. The van der Waals surface area contributed by atoms with E-state index in [1.165, 1.54) is 7.11 Å². The first-order valence-electron chi connectivity index (χ1n) is 8.52. The van der Waals surface area contributed by atoms with Gasteiger partial charge in [-0.2, -0.15) is 0 Å². The summed E-state index contributed by atoms with van der Waals surface area (Å²) in [4.78, 5) is 37.1. The molecule has 0 atom stereocenters. The highest BCUT2D eigenvalue weighted by Gasteiger charge is 2.25. The van der Waals surface area contributed by atoms with Gasteiger partial charge in [0.25, 0.3) is 5.91 Å². The van der Waals surface area contributed by atoms with E-state index in [0.29, 0.717) is 42.5 Å². The number of hydrogen-bond acceptors (Lipinski definition) is 6. The molecule has 0 aliphatic carbocycles. The molecule has 0 unspecified atom stereocenters. The first-order chi connectivity index (χ1) is 13.3. The highest BCUT2D eigenvalue weighted by Crippen LogP contribution is 2.29. The van der Waals surface area contributed by atoms with Crippen molar-refractivity contribution in [2.75, 3.05) is 25.1 Å². The summed E-state index contributed by atoms with van der Waals surface area (Å²) in [6.07, 6.45) is 1.37. The van der Waals surface area contributed by atoms with Crippen LogP contribution in [0.3, 0.4) is 0 Å². The number of nitrogens with zero attached hydrogens (tertiary/aromatic N) is 3. The molecule has 2 N–H and O–H groups in total. The summed E-state index contributed by atoms with van der Waals surface area (Å²) in [5.74, 6) is -0.332. The predicted molar refractivity (Wildman–Crippen MR) is 107 cm³/mol. The second-order valence-electron chi connectivity index (χ2n) is 6.36. The Labute approximate surface area is 176 Å². The van der Waals surface area contributed by atoms with E-state index in [1.807, 2.05) is 4.90 Å². The molecule has 0 aromatic carbocycles. The van der Waals surface area contributed by atoms with Crippen LogP contribution in [0, 0.1) is 6.92 Å². The monoisotopic (exact) mass is 445 g/mol. The van der Waals surface area contributed by atoms with E-state index in [0.717, 1.165) is 0 Å². The average Bonchev–Trinajstić information content (AvgIpc) is 2.95. The molecule has 0 radical (unpaired) electrons. The zero-order valence-electron chi connectivity index (χ0n) is 15.2. The van der Waals surface area contributed by atoms with Crippen molar-refractivity contribution < 1.29 is 14.3 Å². The van der Waals surface area contributed by atoms with Crippen LogP contribution in [-0.2, 0) is 4.74 Å². The fraction of sp³-hybridized carbons (Fsp3) is 0.412. The number of nitrogens with one attached hydrogen (secondary N) is 2. The largest absolute Gasteiger partial charge is 0.464 e. The minimum absolute atomic E-state index is 0.0260. The number of aromatic nitrogens is 3. The van der Waals surface area contributed by atoms with E-state index in [9.17, 15) is 9.59 Å². The van der Waals surface area contributed by atoms with Gasteiger partial charge < -0.3 is 19.9 Å². The standard InChI is InChI=1S/C17H18Cl3N5O3/c1-8-12(18)13(19)14(21-8)15(26)22-9-3-5-25(6-4-9)11-7-10(16(27)28-2)23-17(20)24-11/h7,9,21H,3-6H2,1-2H3,(H,22,26). The van der Waals surface area contributed by atoms with Crippen molar-refractivity contribution in [1.29, 1.82) is 0 Å². The number of carbonyl (C=O) groups excluding carboxylic acids is 2. The quantitative estimate of drug-likeness (QED) is 0.552. The average molecular weight is 447 g/mol. The van der Waals surface area contributed by atoms with Gasteiger partial charge in [-0.25, -0.2) is 14.8 Å². The van der Waals surface area contributed by atoms with Crippen molar-refractivity contribution in [3.63, 3.8) is 0 Å². The molecule has 3 rings (SSSR count). The lowest BCUT2D eigenvalue weighted by molar-refractivity contribution is 0.0593. The van der Waals surface area contributed by atoms with Crippen LogP contribution in [0.4, 0.5) is 5.82 Å².